The maximum Gasteiger partial charge on any atom is 0.0897 e. The molecule has 0 aliphatic carbocycles. The van der Waals surface area contributed by atoms with Crippen molar-refractivity contribution in [3.8, 4) is 0 Å². The number of hydrogen-bond acceptors (Lipinski definition) is 3. The summed E-state index contributed by atoms with van der Waals surface area (Å²) in [5, 5.41) is 3.17. The Balaban J connectivity index is 0.000000861. The summed E-state index contributed by atoms with van der Waals surface area (Å²) in [6.45, 7) is 6.01. The van der Waals surface area contributed by atoms with Gasteiger partial charge in [-0.25, -0.2) is 4.98 Å². The number of hydrogen-bond donors (Lipinski definition) is 0. The van der Waals surface area contributed by atoms with E-state index in [2.05, 4.69) is 18.4 Å². The van der Waals surface area contributed by atoms with Crippen LogP contribution in [0.3, 0.4) is 0 Å². The van der Waals surface area contributed by atoms with Gasteiger partial charge in [0.15, 0.2) is 0 Å². The molecule has 0 fully saturated rings. The van der Waals surface area contributed by atoms with E-state index in [4.69, 9.17) is 0 Å². The predicted molar refractivity (Wildman–Crippen MR) is 88.1 cm³/mol. The molecule has 0 aliphatic rings. The van der Waals surface area contributed by atoms with Gasteiger partial charge < -0.3 is 0 Å². The van der Waals surface area contributed by atoms with Crippen molar-refractivity contribution in [2.45, 2.75) is 32.1 Å². The maximum absolute atomic E-state index is 11.8. The number of aryl methyl sites for hydroxylation is 1. The average molecular weight is 313 g/mol. The first kappa shape index (κ1) is 16.4. The van der Waals surface area contributed by atoms with Gasteiger partial charge in [0.25, 0.3) is 0 Å². The summed E-state index contributed by atoms with van der Waals surface area (Å²) in [6, 6.07) is 7.83. The second kappa shape index (κ2) is 7.18. The lowest BCUT2D eigenvalue weighted by Gasteiger charge is -2.03. The standard InChI is InChI=1S/C12H14NOPS2.C2H6/c1-9-13-11(8-16-9)7-10-3-5-12(6-4-10)17(2,14)15;1-2/h3-6,8,15H,7H2,1-2H3;1-2H3. The molecule has 19 heavy (non-hydrogen) atoms. The molecular formula is C14H20NOPS2. The second-order valence-corrected chi connectivity index (χ2v) is 9.58. The van der Waals surface area contributed by atoms with Crippen molar-refractivity contribution in [2.24, 2.45) is 0 Å². The van der Waals surface area contributed by atoms with E-state index in [0.29, 0.717) is 0 Å². The van der Waals surface area contributed by atoms with Crippen LogP contribution < -0.4 is 0 Å². The minimum atomic E-state index is -2.05. The number of thiazole rings is 1. The van der Waals surface area contributed by atoms with E-state index < -0.39 is 9.11 Å². The van der Waals surface area contributed by atoms with Crippen LogP contribution in [0.2, 0.25) is 0 Å². The van der Waals surface area contributed by atoms with Gasteiger partial charge in [0.2, 0.25) is 0 Å². The monoisotopic (exact) mass is 313 g/mol. The highest BCUT2D eigenvalue weighted by Gasteiger charge is 2.03. The van der Waals surface area contributed by atoms with Crippen LogP contribution in [0.4, 0.5) is 0 Å². The van der Waals surface area contributed by atoms with Crippen LogP contribution in [0.15, 0.2) is 34.5 Å². The molecule has 0 radical (unpaired) electrons. The van der Waals surface area contributed by atoms with Gasteiger partial charge in [0.05, 0.1) is 10.7 Å². The average Bonchev–Trinajstić information content (AvgIpc) is 2.77. The molecule has 0 spiro atoms. The third kappa shape index (κ3) is 5.06. The highest BCUT2D eigenvalue weighted by atomic mass is 32.5. The lowest BCUT2D eigenvalue weighted by Crippen LogP contribution is -1.94. The fourth-order valence-electron chi connectivity index (χ4n) is 1.57. The first-order valence-corrected chi connectivity index (χ1v) is 10.3. The largest absolute Gasteiger partial charge is 0.259 e. The quantitative estimate of drug-likeness (QED) is 0.786. The number of rotatable bonds is 3. The van der Waals surface area contributed by atoms with E-state index in [-0.39, 0.29) is 0 Å². The molecule has 0 bridgehead atoms. The Morgan fingerprint density at radius 1 is 1.26 bits per heavy atom. The van der Waals surface area contributed by atoms with Crippen LogP contribution >= 0.6 is 19.4 Å². The zero-order valence-corrected chi connectivity index (χ0v) is 14.4. The summed E-state index contributed by atoms with van der Waals surface area (Å²) in [4.78, 5) is 5.26. The van der Waals surface area contributed by atoms with Crippen molar-refractivity contribution in [2.75, 3.05) is 6.26 Å². The third-order valence-corrected chi connectivity index (χ3v) is 5.13. The summed E-state index contributed by atoms with van der Waals surface area (Å²) in [5.74, 6) is 0. The molecule has 5 heteroatoms. The van der Waals surface area contributed by atoms with E-state index in [1.807, 2.05) is 45.0 Å². The van der Waals surface area contributed by atoms with E-state index in [1.54, 1.807) is 17.6 Å². The maximum atomic E-state index is 11.8. The van der Waals surface area contributed by atoms with Crippen LogP contribution in [0.5, 0.6) is 0 Å². The summed E-state index contributed by atoms with van der Waals surface area (Å²) in [7, 11) is 1.21. The van der Waals surface area contributed by atoms with Crippen LogP contribution in [0.1, 0.15) is 30.1 Å². The smallest absolute Gasteiger partial charge is 0.0897 e. The Morgan fingerprint density at radius 2 is 1.84 bits per heavy atom. The van der Waals surface area contributed by atoms with Gasteiger partial charge >= 0.3 is 0 Å². The molecule has 104 valence electrons. The van der Waals surface area contributed by atoms with E-state index in [9.17, 15) is 4.21 Å². The van der Waals surface area contributed by atoms with E-state index in [0.717, 1.165) is 22.0 Å². The second-order valence-electron chi connectivity index (χ2n) is 4.02. The molecule has 0 saturated heterocycles. The Kier molecular flexibility index (Phi) is 6.18. The van der Waals surface area contributed by atoms with E-state index in [1.165, 1.54) is 5.56 Å². The molecule has 1 atom stereocenters. The van der Waals surface area contributed by atoms with Gasteiger partial charge in [-0.2, -0.15) is 0 Å². The Morgan fingerprint density at radius 3 is 2.26 bits per heavy atom. The molecule has 2 aromatic rings. The molecular weight excluding hydrogens is 293 g/mol. The topological polar surface area (TPSA) is 30.0 Å². The Bertz CT molecular complexity index is 615. The normalized spacial score (nSPS) is 13.3. The molecule has 1 aromatic heterocycles. The summed E-state index contributed by atoms with van der Waals surface area (Å²) < 4.78 is 11.8. The molecule has 2 rings (SSSR count). The summed E-state index contributed by atoms with van der Waals surface area (Å²) in [6.07, 6.45) is 2.51. The van der Waals surface area contributed by atoms with Gasteiger partial charge in [0, 0.05) is 32.1 Å². The minimum absolute atomic E-state index is 0.826. The fourth-order valence-corrected chi connectivity index (χ4v) is 3.24. The van der Waals surface area contributed by atoms with Crippen LogP contribution in [0, 0.1) is 6.92 Å². The Hall–Kier alpha value is -0.700. The number of nitrogens with zero attached hydrogens (tertiary/aromatic N) is 1. The van der Waals surface area contributed by atoms with Gasteiger partial charge in [-0.3, -0.25) is 4.21 Å². The van der Waals surface area contributed by atoms with Crippen molar-refractivity contribution in [1.29, 1.82) is 0 Å². The van der Waals surface area contributed by atoms with Crippen molar-refractivity contribution in [3.05, 3.63) is 45.9 Å². The van der Waals surface area contributed by atoms with Gasteiger partial charge in [-0.05, 0) is 24.6 Å². The molecule has 2 nitrogen and oxygen atoms in total. The number of aromatic nitrogens is 1. The molecule has 1 heterocycles. The summed E-state index contributed by atoms with van der Waals surface area (Å²) in [5.41, 5.74) is 2.28. The van der Waals surface area contributed by atoms with Gasteiger partial charge in [-0.1, -0.05) is 34.0 Å². The molecule has 0 N–H and O–H groups in total. The molecule has 0 saturated carbocycles. The van der Waals surface area contributed by atoms with Gasteiger partial charge in [0.1, 0.15) is 0 Å². The number of benzene rings is 1. The van der Waals surface area contributed by atoms with Crippen molar-refractivity contribution in [1.82, 2.24) is 4.98 Å². The lowest BCUT2D eigenvalue weighted by atomic mass is 10.1. The minimum Gasteiger partial charge on any atom is -0.259 e. The Labute approximate surface area is 122 Å². The highest BCUT2D eigenvalue weighted by Crippen LogP contribution is 2.17. The molecule has 1 aromatic carbocycles. The lowest BCUT2D eigenvalue weighted by molar-refractivity contribution is 0.685. The van der Waals surface area contributed by atoms with Crippen molar-refractivity contribution < 1.29 is 4.21 Å². The van der Waals surface area contributed by atoms with Crippen LogP contribution in [0.25, 0.3) is 0 Å². The first-order chi connectivity index (χ1) is 8.95. The third-order valence-electron chi connectivity index (χ3n) is 2.42. The zero-order chi connectivity index (χ0) is 14.5. The molecule has 0 aliphatic heterocycles. The van der Waals surface area contributed by atoms with Crippen molar-refractivity contribution >= 4 is 28.5 Å². The van der Waals surface area contributed by atoms with Crippen LogP contribution in [-0.2, 0) is 15.5 Å². The first-order valence-electron chi connectivity index (χ1n) is 6.19. The fraction of sp³-hybridized carbons (Fsp3) is 0.357. The van der Waals surface area contributed by atoms with Crippen LogP contribution in [-0.4, -0.2) is 15.4 Å². The van der Waals surface area contributed by atoms with Crippen molar-refractivity contribution in [3.63, 3.8) is 0 Å². The SMILES string of the molecule is CC.Cc1nc(Cc2ccc(S(C)(=O)=P)cc2)cs1. The predicted octanol–water partition coefficient (Wildman–Crippen LogP) is 4.40. The zero-order valence-electron chi connectivity index (χ0n) is 11.8. The van der Waals surface area contributed by atoms with Gasteiger partial charge in [-0.15, -0.1) is 11.3 Å². The van der Waals surface area contributed by atoms with E-state index >= 15 is 0 Å². The molecule has 1 unspecified atom stereocenters. The molecule has 0 amide bonds. The summed E-state index contributed by atoms with van der Waals surface area (Å²) >= 11 is 1.67. The highest BCUT2D eigenvalue weighted by molar-refractivity contribution is 8.20.